The van der Waals surface area contributed by atoms with E-state index < -0.39 is 0 Å². The summed E-state index contributed by atoms with van der Waals surface area (Å²) in [5.74, 6) is 2.60. The monoisotopic (exact) mass is 424 g/mol. The van der Waals surface area contributed by atoms with Gasteiger partial charge in [-0.3, -0.25) is 19.3 Å². The van der Waals surface area contributed by atoms with Gasteiger partial charge in [-0.05, 0) is 47.9 Å². The Morgan fingerprint density at radius 3 is 2.73 bits per heavy atom. The molecule has 2 fully saturated rings. The molecule has 2 heterocycles. The summed E-state index contributed by atoms with van der Waals surface area (Å²) in [4.78, 5) is 38.3. The number of hydrogen-bond acceptors (Lipinski definition) is 5. The van der Waals surface area contributed by atoms with Crippen LogP contribution in [0.3, 0.4) is 0 Å². The Bertz CT molecular complexity index is 982. The topological polar surface area (TPSA) is 79.6 Å². The molecule has 6 nitrogen and oxygen atoms in total. The van der Waals surface area contributed by atoms with Gasteiger partial charge in [0, 0.05) is 31.8 Å². The molecule has 1 aromatic heterocycles. The van der Waals surface area contributed by atoms with E-state index in [4.69, 9.17) is 4.42 Å². The lowest BCUT2D eigenvalue weighted by molar-refractivity contribution is -0.124. The van der Waals surface area contributed by atoms with E-state index >= 15 is 0 Å². The third-order valence-corrected chi connectivity index (χ3v) is 6.29. The number of thioether (sulfide) groups is 1. The Hall–Kier alpha value is -2.80. The summed E-state index contributed by atoms with van der Waals surface area (Å²) >= 11 is 0.926. The number of aryl methyl sites for hydroxylation is 1. The Morgan fingerprint density at radius 1 is 1.23 bits per heavy atom. The Labute approximate surface area is 179 Å². The number of hydrogen-bond donors (Lipinski definition) is 1. The molecule has 1 saturated heterocycles. The Morgan fingerprint density at radius 2 is 2.00 bits per heavy atom. The van der Waals surface area contributed by atoms with Gasteiger partial charge in [0.15, 0.2) is 0 Å². The molecule has 0 radical (unpaired) electrons. The standard InChI is InChI=1S/C23H24N2O4S/c1-15-13-18(15)19-9-7-17(29-19)8-10-21(26)24-11-12-25-22(27)20(30-23(25)28)14-16-5-3-2-4-6-16/h2-7,9,14-15,18H,8,10-13H2,1H3,(H,24,26)/b20-14+. The molecule has 2 unspecified atom stereocenters. The summed E-state index contributed by atoms with van der Waals surface area (Å²) in [6.07, 6.45) is 3.72. The smallest absolute Gasteiger partial charge is 0.293 e. The number of benzene rings is 1. The number of nitrogens with one attached hydrogen (secondary N) is 1. The van der Waals surface area contributed by atoms with Crippen LogP contribution < -0.4 is 5.32 Å². The lowest BCUT2D eigenvalue weighted by atomic mass is 10.2. The van der Waals surface area contributed by atoms with Crippen molar-refractivity contribution in [2.45, 2.75) is 32.1 Å². The first-order valence-corrected chi connectivity index (χ1v) is 11.0. The van der Waals surface area contributed by atoms with Crippen molar-refractivity contribution in [3.05, 3.63) is 64.5 Å². The van der Waals surface area contributed by atoms with Gasteiger partial charge in [0.25, 0.3) is 11.1 Å². The van der Waals surface area contributed by atoms with Crippen LogP contribution in [0.4, 0.5) is 4.79 Å². The van der Waals surface area contributed by atoms with Gasteiger partial charge in [-0.2, -0.15) is 0 Å². The molecule has 2 aliphatic rings. The molecule has 7 heteroatoms. The molecule has 1 aromatic carbocycles. The Kier molecular flexibility index (Phi) is 6.08. The van der Waals surface area contributed by atoms with Gasteiger partial charge >= 0.3 is 0 Å². The fourth-order valence-electron chi connectivity index (χ4n) is 3.47. The molecule has 30 heavy (non-hydrogen) atoms. The molecule has 0 bridgehead atoms. The van der Waals surface area contributed by atoms with E-state index in [1.54, 1.807) is 6.08 Å². The van der Waals surface area contributed by atoms with Crippen LogP contribution in [0.1, 0.15) is 42.8 Å². The average Bonchev–Trinajstić information content (AvgIpc) is 3.17. The van der Waals surface area contributed by atoms with Gasteiger partial charge in [0.2, 0.25) is 5.91 Å². The molecular formula is C23H24N2O4S. The van der Waals surface area contributed by atoms with Crippen LogP contribution >= 0.6 is 11.8 Å². The van der Waals surface area contributed by atoms with Gasteiger partial charge in [0.05, 0.1) is 4.91 Å². The predicted octanol–water partition coefficient (Wildman–Crippen LogP) is 4.19. The van der Waals surface area contributed by atoms with Crippen LogP contribution in [0.15, 0.2) is 51.8 Å². The summed E-state index contributed by atoms with van der Waals surface area (Å²) in [6, 6.07) is 13.3. The predicted molar refractivity (Wildman–Crippen MR) is 116 cm³/mol. The number of furan rings is 1. The average molecular weight is 425 g/mol. The zero-order valence-electron chi connectivity index (χ0n) is 16.8. The van der Waals surface area contributed by atoms with E-state index in [0.29, 0.717) is 29.6 Å². The minimum atomic E-state index is -0.319. The molecule has 1 saturated carbocycles. The fraction of sp³-hybridized carbons (Fsp3) is 0.348. The van der Waals surface area contributed by atoms with Gasteiger partial charge in [-0.15, -0.1) is 0 Å². The molecule has 4 rings (SSSR count). The van der Waals surface area contributed by atoms with Gasteiger partial charge in [0.1, 0.15) is 11.5 Å². The first kappa shape index (κ1) is 20.5. The van der Waals surface area contributed by atoms with Crippen LogP contribution in [0.25, 0.3) is 6.08 Å². The third-order valence-electron chi connectivity index (χ3n) is 5.38. The van der Waals surface area contributed by atoms with E-state index in [9.17, 15) is 14.4 Å². The van der Waals surface area contributed by atoms with Gasteiger partial charge in [-0.1, -0.05) is 37.3 Å². The molecule has 3 amide bonds. The van der Waals surface area contributed by atoms with Crippen molar-refractivity contribution >= 4 is 34.9 Å². The quantitative estimate of drug-likeness (QED) is 0.643. The molecule has 1 N–H and O–H groups in total. The zero-order chi connectivity index (χ0) is 21.1. The second kappa shape index (κ2) is 8.92. The maximum atomic E-state index is 12.5. The Balaban J connectivity index is 1.21. The van der Waals surface area contributed by atoms with Crippen molar-refractivity contribution in [1.82, 2.24) is 10.2 Å². The largest absolute Gasteiger partial charge is 0.466 e. The second-order valence-corrected chi connectivity index (χ2v) is 8.71. The van der Waals surface area contributed by atoms with Crippen LogP contribution in [0.5, 0.6) is 0 Å². The van der Waals surface area contributed by atoms with Crippen molar-refractivity contribution in [3.8, 4) is 0 Å². The number of nitrogens with zero attached hydrogens (tertiary/aromatic N) is 1. The van der Waals surface area contributed by atoms with Gasteiger partial charge in [-0.25, -0.2) is 0 Å². The highest BCUT2D eigenvalue weighted by atomic mass is 32.2. The molecule has 2 aromatic rings. The van der Waals surface area contributed by atoms with E-state index in [1.165, 1.54) is 11.3 Å². The molecule has 1 aliphatic carbocycles. The number of amides is 3. The highest BCUT2D eigenvalue weighted by molar-refractivity contribution is 8.18. The fourth-order valence-corrected chi connectivity index (χ4v) is 4.34. The molecular weight excluding hydrogens is 400 g/mol. The maximum Gasteiger partial charge on any atom is 0.293 e. The number of carbonyl (C=O) groups excluding carboxylic acids is 3. The van der Waals surface area contributed by atoms with E-state index in [2.05, 4.69) is 12.2 Å². The highest BCUT2D eigenvalue weighted by Gasteiger charge is 2.36. The van der Waals surface area contributed by atoms with Crippen molar-refractivity contribution in [2.75, 3.05) is 13.1 Å². The summed E-state index contributed by atoms with van der Waals surface area (Å²) in [6.45, 7) is 2.60. The first-order chi connectivity index (χ1) is 14.5. The maximum absolute atomic E-state index is 12.5. The molecule has 2 atom stereocenters. The number of rotatable bonds is 8. The molecule has 156 valence electrons. The van der Waals surface area contributed by atoms with E-state index in [-0.39, 0.29) is 30.1 Å². The lowest BCUT2D eigenvalue weighted by Crippen LogP contribution is -2.37. The van der Waals surface area contributed by atoms with Crippen molar-refractivity contribution < 1.29 is 18.8 Å². The summed E-state index contributed by atoms with van der Waals surface area (Å²) in [7, 11) is 0. The van der Waals surface area contributed by atoms with Crippen molar-refractivity contribution in [1.29, 1.82) is 0 Å². The summed E-state index contributed by atoms with van der Waals surface area (Å²) in [5.41, 5.74) is 0.869. The second-order valence-electron chi connectivity index (χ2n) is 7.72. The normalized spacial score (nSPS) is 22.0. The third kappa shape index (κ3) is 4.84. The zero-order valence-corrected chi connectivity index (χ0v) is 17.6. The van der Waals surface area contributed by atoms with Crippen LogP contribution in [0, 0.1) is 5.92 Å². The minimum absolute atomic E-state index is 0.125. The number of carbonyl (C=O) groups is 3. The van der Waals surface area contributed by atoms with Crippen LogP contribution in [-0.2, 0) is 16.0 Å². The summed E-state index contributed by atoms with van der Waals surface area (Å²) < 4.78 is 5.82. The van der Waals surface area contributed by atoms with Crippen LogP contribution in [-0.4, -0.2) is 35.0 Å². The first-order valence-electron chi connectivity index (χ1n) is 10.2. The SMILES string of the molecule is CC1CC1c1ccc(CCC(=O)NCCN2C(=O)S/C(=C/c3ccccc3)C2=O)o1. The molecule has 0 spiro atoms. The lowest BCUT2D eigenvalue weighted by Gasteiger charge is -2.12. The van der Waals surface area contributed by atoms with Crippen molar-refractivity contribution in [3.63, 3.8) is 0 Å². The minimum Gasteiger partial charge on any atom is -0.466 e. The van der Waals surface area contributed by atoms with E-state index in [0.717, 1.165) is 28.8 Å². The van der Waals surface area contributed by atoms with Crippen LogP contribution in [0.2, 0.25) is 0 Å². The van der Waals surface area contributed by atoms with E-state index in [1.807, 2.05) is 42.5 Å². The summed E-state index contributed by atoms with van der Waals surface area (Å²) in [5, 5.41) is 2.47. The highest BCUT2D eigenvalue weighted by Crippen LogP contribution is 2.47. The van der Waals surface area contributed by atoms with Gasteiger partial charge < -0.3 is 9.73 Å². The number of imide groups is 1. The molecule has 1 aliphatic heterocycles. The van der Waals surface area contributed by atoms with Crippen molar-refractivity contribution in [2.24, 2.45) is 5.92 Å².